The van der Waals surface area contributed by atoms with Gasteiger partial charge in [0.1, 0.15) is 0 Å². The van der Waals surface area contributed by atoms with Gasteiger partial charge in [-0.15, -0.1) is 0 Å². The molecule has 0 saturated heterocycles. The number of benzene rings is 1. The molecule has 4 nitrogen and oxygen atoms in total. The van der Waals surface area contributed by atoms with Crippen molar-refractivity contribution in [3.63, 3.8) is 0 Å². The van der Waals surface area contributed by atoms with Crippen LogP contribution in [0.5, 0.6) is 0 Å². The van der Waals surface area contributed by atoms with Crippen LogP contribution in [0.4, 0.5) is 0 Å². The summed E-state index contributed by atoms with van der Waals surface area (Å²) < 4.78 is 0. The Kier molecular flexibility index (Phi) is 5.59. The highest BCUT2D eigenvalue weighted by atomic mass is 32.2. The van der Waals surface area contributed by atoms with Crippen LogP contribution in [0, 0.1) is 13.8 Å². The second-order valence-electron chi connectivity index (χ2n) is 5.09. The zero-order valence-electron chi connectivity index (χ0n) is 12.5. The van der Waals surface area contributed by atoms with Crippen LogP contribution in [-0.4, -0.2) is 22.3 Å². The van der Waals surface area contributed by atoms with E-state index < -0.39 is 0 Å². The van der Waals surface area contributed by atoms with Crippen LogP contribution >= 0.6 is 11.8 Å². The molecule has 21 heavy (non-hydrogen) atoms. The normalized spacial score (nSPS) is 10.8. The van der Waals surface area contributed by atoms with E-state index in [0.29, 0.717) is 18.1 Å². The molecule has 0 aliphatic carbocycles. The van der Waals surface area contributed by atoms with Gasteiger partial charge >= 0.3 is 0 Å². The first-order valence-corrected chi connectivity index (χ1v) is 8.07. The Balaban J connectivity index is 2.17. The highest BCUT2D eigenvalue weighted by molar-refractivity contribution is 7.99. The average molecular weight is 303 g/mol. The third-order valence-corrected chi connectivity index (χ3v) is 4.25. The van der Waals surface area contributed by atoms with E-state index in [9.17, 15) is 4.79 Å². The summed E-state index contributed by atoms with van der Waals surface area (Å²) in [5.74, 6) is 0.871. The van der Waals surface area contributed by atoms with E-state index in [4.69, 9.17) is 5.73 Å². The van der Waals surface area contributed by atoms with E-state index in [1.165, 1.54) is 5.56 Å². The van der Waals surface area contributed by atoms with Crippen molar-refractivity contribution in [3.8, 4) is 0 Å². The summed E-state index contributed by atoms with van der Waals surface area (Å²) in [6, 6.07) is 8.23. The lowest BCUT2D eigenvalue weighted by molar-refractivity contribution is 0.861. The van der Waals surface area contributed by atoms with Gasteiger partial charge in [0, 0.05) is 23.4 Å². The molecule has 2 rings (SSSR count). The molecule has 0 fully saturated rings. The van der Waals surface area contributed by atoms with Gasteiger partial charge in [0.2, 0.25) is 0 Å². The Hall–Kier alpha value is -1.59. The molecule has 0 amide bonds. The first kappa shape index (κ1) is 15.8. The summed E-state index contributed by atoms with van der Waals surface area (Å²) in [6.45, 7) is 4.60. The molecular weight excluding hydrogens is 282 g/mol. The predicted octanol–water partition coefficient (Wildman–Crippen LogP) is 2.42. The Morgan fingerprint density at radius 2 is 1.95 bits per heavy atom. The molecule has 0 radical (unpaired) electrons. The predicted molar refractivity (Wildman–Crippen MR) is 88.0 cm³/mol. The highest BCUT2D eigenvalue weighted by Gasteiger charge is 2.09. The number of H-pyrrole nitrogens is 1. The summed E-state index contributed by atoms with van der Waals surface area (Å²) >= 11 is 1.54. The van der Waals surface area contributed by atoms with Gasteiger partial charge in [-0.25, -0.2) is 4.98 Å². The topological polar surface area (TPSA) is 71.8 Å². The maximum atomic E-state index is 12.2. The van der Waals surface area contributed by atoms with Crippen LogP contribution in [0.25, 0.3) is 0 Å². The summed E-state index contributed by atoms with van der Waals surface area (Å²) in [5, 5.41) is 0.679. The zero-order chi connectivity index (χ0) is 15.2. The number of thioether (sulfide) groups is 1. The number of aromatic nitrogens is 2. The summed E-state index contributed by atoms with van der Waals surface area (Å²) in [6.07, 6.45) is 1.53. The lowest BCUT2D eigenvalue weighted by atomic mass is 10.0. The van der Waals surface area contributed by atoms with Crippen molar-refractivity contribution in [2.75, 3.05) is 12.3 Å². The van der Waals surface area contributed by atoms with E-state index in [1.54, 1.807) is 11.8 Å². The standard InChI is InChI=1S/C16H21N3OS/c1-11-4-6-13(7-5-11)10-14-12(2)18-16(19-15(14)20)21-9-3-8-17/h4-7H,3,8-10,17H2,1-2H3,(H,18,19,20). The van der Waals surface area contributed by atoms with Gasteiger partial charge in [-0.05, 0) is 32.4 Å². The molecule has 3 N–H and O–H groups in total. The number of aryl methyl sites for hydroxylation is 2. The maximum absolute atomic E-state index is 12.2. The quantitative estimate of drug-likeness (QED) is 0.488. The van der Waals surface area contributed by atoms with Gasteiger partial charge in [0.15, 0.2) is 5.16 Å². The number of rotatable bonds is 6. The molecule has 1 aromatic carbocycles. The Bertz CT molecular complexity index is 650. The van der Waals surface area contributed by atoms with Crippen LogP contribution in [-0.2, 0) is 6.42 Å². The van der Waals surface area contributed by atoms with Crippen molar-refractivity contribution >= 4 is 11.8 Å². The second kappa shape index (κ2) is 7.43. The second-order valence-corrected chi connectivity index (χ2v) is 6.17. The number of nitrogens with zero attached hydrogens (tertiary/aromatic N) is 1. The average Bonchev–Trinajstić information content (AvgIpc) is 2.45. The lowest BCUT2D eigenvalue weighted by Crippen LogP contribution is -2.17. The third-order valence-electron chi connectivity index (χ3n) is 3.29. The minimum Gasteiger partial charge on any atom is -0.330 e. The van der Waals surface area contributed by atoms with Crippen molar-refractivity contribution in [2.45, 2.75) is 31.8 Å². The fourth-order valence-electron chi connectivity index (χ4n) is 2.02. The summed E-state index contributed by atoms with van der Waals surface area (Å²) in [5.41, 5.74) is 9.30. The molecule has 0 aliphatic rings. The minimum atomic E-state index is -0.0432. The first-order chi connectivity index (χ1) is 10.1. The van der Waals surface area contributed by atoms with Gasteiger partial charge in [-0.1, -0.05) is 41.6 Å². The number of aromatic amines is 1. The van der Waals surface area contributed by atoms with Crippen molar-refractivity contribution < 1.29 is 0 Å². The van der Waals surface area contributed by atoms with Crippen molar-refractivity contribution in [3.05, 3.63) is 57.0 Å². The number of nitrogens with two attached hydrogens (primary N) is 1. The molecule has 0 saturated carbocycles. The van der Waals surface area contributed by atoms with Gasteiger partial charge in [-0.2, -0.15) is 0 Å². The highest BCUT2D eigenvalue weighted by Crippen LogP contribution is 2.15. The fraction of sp³-hybridized carbons (Fsp3) is 0.375. The molecule has 0 atom stereocenters. The molecular formula is C16H21N3OS. The lowest BCUT2D eigenvalue weighted by Gasteiger charge is -2.07. The molecule has 2 aromatic rings. The number of hydrogen-bond acceptors (Lipinski definition) is 4. The third kappa shape index (κ3) is 4.44. The molecule has 0 bridgehead atoms. The van der Waals surface area contributed by atoms with Crippen molar-refractivity contribution in [1.82, 2.24) is 9.97 Å². The Morgan fingerprint density at radius 1 is 1.24 bits per heavy atom. The zero-order valence-corrected chi connectivity index (χ0v) is 13.3. The fourth-order valence-corrected chi connectivity index (χ4v) is 2.89. The molecule has 1 heterocycles. The molecule has 0 aliphatic heterocycles. The Morgan fingerprint density at radius 3 is 2.57 bits per heavy atom. The molecule has 5 heteroatoms. The van der Waals surface area contributed by atoms with E-state index in [-0.39, 0.29) is 5.56 Å². The first-order valence-electron chi connectivity index (χ1n) is 7.08. The number of hydrogen-bond donors (Lipinski definition) is 2. The Labute approximate surface area is 129 Å². The molecule has 112 valence electrons. The van der Waals surface area contributed by atoms with E-state index in [0.717, 1.165) is 29.0 Å². The van der Waals surface area contributed by atoms with Gasteiger partial charge in [-0.3, -0.25) is 4.79 Å². The van der Waals surface area contributed by atoms with E-state index in [2.05, 4.69) is 41.2 Å². The van der Waals surface area contributed by atoms with Crippen molar-refractivity contribution in [1.29, 1.82) is 0 Å². The smallest absolute Gasteiger partial charge is 0.255 e. The van der Waals surface area contributed by atoms with Crippen LogP contribution in [0.2, 0.25) is 0 Å². The molecule has 1 aromatic heterocycles. The largest absolute Gasteiger partial charge is 0.330 e. The number of nitrogens with one attached hydrogen (secondary N) is 1. The van der Waals surface area contributed by atoms with E-state index >= 15 is 0 Å². The molecule has 0 spiro atoms. The molecule has 0 unspecified atom stereocenters. The minimum absolute atomic E-state index is 0.0432. The van der Waals surface area contributed by atoms with Crippen LogP contribution in [0.1, 0.15) is 28.8 Å². The summed E-state index contributed by atoms with van der Waals surface area (Å²) in [7, 11) is 0. The van der Waals surface area contributed by atoms with Crippen LogP contribution in [0.15, 0.2) is 34.2 Å². The van der Waals surface area contributed by atoms with Gasteiger partial charge < -0.3 is 10.7 Å². The van der Waals surface area contributed by atoms with Crippen LogP contribution < -0.4 is 11.3 Å². The van der Waals surface area contributed by atoms with Crippen LogP contribution in [0.3, 0.4) is 0 Å². The van der Waals surface area contributed by atoms with E-state index in [1.807, 2.05) is 6.92 Å². The maximum Gasteiger partial charge on any atom is 0.255 e. The van der Waals surface area contributed by atoms with Gasteiger partial charge in [0.25, 0.3) is 5.56 Å². The van der Waals surface area contributed by atoms with Crippen molar-refractivity contribution in [2.24, 2.45) is 5.73 Å². The SMILES string of the molecule is Cc1ccc(Cc2c(C)nc(SCCCN)[nH]c2=O)cc1. The monoisotopic (exact) mass is 303 g/mol. The van der Waals surface area contributed by atoms with Gasteiger partial charge in [0.05, 0.1) is 0 Å². The summed E-state index contributed by atoms with van der Waals surface area (Å²) in [4.78, 5) is 19.6.